The molecule has 0 N–H and O–H groups in total. The first kappa shape index (κ1) is 15.1. The van der Waals surface area contributed by atoms with E-state index in [-0.39, 0.29) is 10.6 Å². The van der Waals surface area contributed by atoms with E-state index in [1.807, 2.05) is 0 Å². The summed E-state index contributed by atoms with van der Waals surface area (Å²) in [6, 6.07) is 11.0. The Morgan fingerprint density at radius 3 is 2.14 bits per heavy atom. The summed E-state index contributed by atoms with van der Waals surface area (Å²) in [7, 11) is -3.82. The lowest BCUT2D eigenvalue weighted by Gasteiger charge is -1.98. The summed E-state index contributed by atoms with van der Waals surface area (Å²) >= 11 is 5.69. The number of hydrogen-bond acceptors (Lipinski definition) is 4. The molecular weight excluding hydrogens is 316 g/mol. The van der Waals surface area contributed by atoms with Crippen molar-refractivity contribution in [2.75, 3.05) is 0 Å². The Labute approximate surface area is 125 Å². The highest BCUT2D eigenvalue weighted by atomic mass is 35.5. The number of nitro benzene ring substituents is 1. The summed E-state index contributed by atoms with van der Waals surface area (Å²) in [4.78, 5) is 9.99. The first-order valence-electron chi connectivity index (χ1n) is 5.69. The van der Waals surface area contributed by atoms with Gasteiger partial charge < -0.3 is 0 Å². The van der Waals surface area contributed by atoms with Crippen molar-refractivity contribution >= 4 is 33.5 Å². The summed E-state index contributed by atoms with van der Waals surface area (Å²) in [6.45, 7) is 0. The van der Waals surface area contributed by atoms with E-state index in [2.05, 4.69) is 4.40 Å². The van der Waals surface area contributed by atoms with Crippen LogP contribution in [0, 0.1) is 10.1 Å². The molecular formula is C13H9ClN2O4S. The van der Waals surface area contributed by atoms with E-state index in [0.29, 0.717) is 10.6 Å². The van der Waals surface area contributed by atoms with Gasteiger partial charge in [0, 0.05) is 23.4 Å². The molecule has 0 radical (unpaired) electrons. The molecule has 0 unspecified atom stereocenters. The second-order valence-electron chi connectivity index (χ2n) is 4.01. The predicted molar refractivity (Wildman–Crippen MR) is 79.3 cm³/mol. The number of non-ortho nitro benzene ring substituents is 1. The van der Waals surface area contributed by atoms with Crippen LogP contribution in [0.4, 0.5) is 5.69 Å². The van der Waals surface area contributed by atoms with Gasteiger partial charge in [-0.25, -0.2) is 0 Å². The van der Waals surface area contributed by atoms with Gasteiger partial charge in [-0.2, -0.15) is 12.8 Å². The Morgan fingerprint density at radius 1 is 1.05 bits per heavy atom. The van der Waals surface area contributed by atoms with Crippen molar-refractivity contribution in [3.8, 4) is 0 Å². The predicted octanol–water partition coefficient (Wildman–Crippen LogP) is 3.06. The molecule has 6 nitrogen and oxygen atoms in total. The number of nitrogens with zero attached hydrogens (tertiary/aromatic N) is 2. The third-order valence-electron chi connectivity index (χ3n) is 2.56. The minimum atomic E-state index is -3.82. The van der Waals surface area contributed by atoms with E-state index in [1.54, 1.807) is 0 Å². The van der Waals surface area contributed by atoms with Gasteiger partial charge in [0.15, 0.2) is 0 Å². The molecule has 0 aliphatic rings. The molecule has 2 aromatic rings. The average molecular weight is 325 g/mol. The molecule has 0 heterocycles. The van der Waals surface area contributed by atoms with Crippen LogP contribution in [0.5, 0.6) is 0 Å². The summed E-state index contributed by atoms with van der Waals surface area (Å²) < 4.78 is 27.4. The van der Waals surface area contributed by atoms with Crippen LogP contribution in [-0.2, 0) is 10.0 Å². The van der Waals surface area contributed by atoms with E-state index < -0.39 is 14.9 Å². The summed E-state index contributed by atoms with van der Waals surface area (Å²) in [6.07, 6.45) is 1.13. The molecule has 0 aliphatic carbocycles. The van der Waals surface area contributed by atoms with Crippen LogP contribution in [0.2, 0.25) is 5.02 Å². The van der Waals surface area contributed by atoms with Crippen LogP contribution in [0.1, 0.15) is 5.56 Å². The average Bonchev–Trinajstić information content (AvgIpc) is 2.46. The molecule has 0 aliphatic heterocycles. The maximum absolute atomic E-state index is 11.9. The van der Waals surface area contributed by atoms with Crippen LogP contribution in [-0.4, -0.2) is 19.6 Å². The first-order chi connectivity index (χ1) is 9.88. The molecule has 0 saturated heterocycles. The van der Waals surface area contributed by atoms with E-state index in [4.69, 9.17) is 11.6 Å². The molecule has 2 aromatic carbocycles. The summed E-state index contributed by atoms with van der Waals surface area (Å²) in [5, 5.41) is 10.9. The molecule has 8 heteroatoms. The molecule has 0 fully saturated rings. The van der Waals surface area contributed by atoms with Gasteiger partial charge in [-0.05, 0) is 42.0 Å². The van der Waals surface area contributed by atoms with Gasteiger partial charge in [-0.15, -0.1) is 0 Å². The van der Waals surface area contributed by atoms with Crippen molar-refractivity contribution in [3.63, 3.8) is 0 Å². The molecule has 2 rings (SSSR count). The molecule has 0 atom stereocenters. The first-order valence-corrected chi connectivity index (χ1v) is 7.51. The molecule has 0 spiro atoms. The Hall–Kier alpha value is -2.25. The van der Waals surface area contributed by atoms with Crippen molar-refractivity contribution < 1.29 is 13.3 Å². The zero-order valence-electron chi connectivity index (χ0n) is 10.5. The smallest absolute Gasteiger partial charge is 0.258 e. The van der Waals surface area contributed by atoms with Crippen molar-refractivity contribution in [1.29, 1.82) is 0 Å². The van der Waals surface area contributed by atoms with Crippen molar-refractivity contribution in [1.82, 2.24) is 0 Å². The van der Waals surface area contributed by atoms with Gasteiger partial charge in [0.2, 0.25) is 0 Å². The third kappa shape index (κ3) is 3.87. The summed E-state index contributed by atoms with van der Waals surface area (Å²) in [5.41, 5.74) is 0.367. The highest BCUT2D eigenvalue weighted by molar-refractivity contribution is 7.90. The van der Waals surface area contributed by atoms with E-state index in [1.165, 1.54) is 48.5 Å². The van der Waals surface area contributed by atoms with E-state index >= 15 is 0 Å². The fourth-order valence-electron chi connectivity index (χ4n) is 1.48. The van der Waals surface area contributed by atoms with Gasteiger partial charge in [0.25, 0.3) is 15.7 Å². The lowest BCUT2D eigenvalue weighted by atomic mass is 10.2. The van der Waals surface area contributed by atoms with Gasteiger partial charge in [-0.1, -0.05) is 11.6 Å². The van der Waals surface area contributed by atoms with Crippen LogP contribution >= 0.6 is 11.6 Å². The molecule has 108 valence electrons. The summed E-state index contributed by atoms with van der Waals surface area (Å²) in [5.74, 6) is 0. The van der Waals surface area contributed by atoms with Crippen LogP contribution in [0.25, 0.3) is 0 Å². The fourth-order valence-corrected chi connectivity index (χ4v) is 2.47. The van der Waals surface area contributed by atoms with Crippen molar-refractivity contribution in [2.45, 2.75) is 4.90 Å². The zero-order chi connectivity index (χ0) is 15.5. The number of rotatable bonds is 4. The number of nitro groups is 1. The highest BCUT2D eigenvalue weighted by Crippen LogP contribution is 2.16. The Morgan fingerprint density at radius 2 is 1.62 bits per heavy atom. The normalized spacial score (nSPS) is 11.7. The van der Waals surface area contributed by atoms with Crippen molar-refractivity contribution in [3.05, 3.63) is 69.2 Å². The maximum atomic E-state index is 11.9. The number of halogens is 1. The Kier molecular flexibility index (Phi) is 4.35. The van der Waals surface area contributed by atoms with Crippen molar-refractivity contribution in [2.24, 2.45) is 4.40 Å². The topological polar surface area (TPSA) is 89.6 Å². The fraction of sp³-hybridized carbons (Fsp3) is 0. The van der Waals surface area contributed by atoms with E-state index in [9.17, 15) is 18.5 Å². The number of benzene rings is 2. The van der Waals surface area contributed by atoms with Crippen LogP contribution in [0.15, 0.2) is 57.8 Å². The van der Waals surface area contributed by atoms with Gasteiger partial charge in [0.05, 0.1) is 9.82 Å². The number of sulfonamides is 1. The SMILES string of the molecule is O=[N+]([O-])c1ccc(/C=N/S(=O)(=O)c2ccc(Cl)cc2)cc1. The van der Waals surface area contributed by atoms with Gasteiger partial charge >= 0.3 is 0 Å². The molecule has 21 heavy (non-hydrogen) atoms. The molecule has 0 aromatic heterocycles. The zero-order valence-corrected chi connectivity index (χ0v) is 12.1. The largest absolute Gasteiger partial charge is 0.282 e. The quantitative estimate of drug-likeness (QED) is 0.491. The minimum Gasteiger partial charge on any atom is -0.258 e. The monoisotopic (exact) mass is 324 g/mol. The third-order valence-corrected chi connectivity index (χ3v) is 4.06. The van der Waals surface area contributed by atoms with Crippen LogP contribution in [0.3, 0.4) is 0 Å². The minimum absolute atomic E-state index is 0.0186. The number of hydrogen-bond donors (Lipinski definition) is 0. The van der Waals surface area contributed by atoms with E-state index in [0.717, 1.165) is 6.21 Å². The Balaban J connectivity index is 2.23. The molecule has 0 saturated carbocycles. The maximum Gasteiger partial charge on any atom is 0.282 e. The highest BCUT2D eigenvalue weighted by Gasteiger charge is 2.11. The van der Waals surface area contributed by atoms with Gasteiger partial charge in [-0.3, -0.25) is 10.1 Å². The molecule has 0 amide bonds. The lowest BCUT2D eigenvalue weighted by Crippen LogP contribution is -1.97. The lowest BCUT2D eigenvalue weighted by molar-refractivity contribution is -0.384. The second-order valence-corrected chi connectivity index (χ2v) is 6.08. The standard InChI is InChI=1S/C13H9ClN2O4S/c14-11-3-7-13(8-4-11)21(19,20)15-9-10-1-5-12(6-2-10)16(17)18/h1-9H/b15-9+. The second kappa shape index (κ2) is 6.02. The molecule has 0 bridgehead atoms. The van der Waals surface area contributed by atoms with Gasteiger partial charge in [0.1, 0.15) is 0 Å². The Bertz CT molecular complexity index is 784. The van der Waals surface area contributed by atoms with Crippen LogP contribution < -0.4 is 0 Å².